The number of rotatable bonds is 2. The van der Waals surface area contributed by atoms with Gasteiger partial charge in [0.15, 0.2) is 0 Å². The molecule has 0 spiro atoms. The second-order valence-electron chi connectivity index (χ2n) is 4.40. The van der Waals surface area contributed by atoms with Gasteiger partial charge in [0.25, 0.3) is 0 Å². The van der Waals surface area contributed by atoms with Gasteiger partial charge in [0.1, 0.15) is 5.15 Å². The van der Waals surface area contributed by atoms with Crippen LogP contribution in [0.25, 0.3) is 0 Å². The first-order chi connectivity index (χ1) is 8.01. The van der Waals surface area contributed by atoms with Crippen LogP contribution in [0.5, 0.6) is 0 Å². The number of thioether (sulfide) groups is 1. The van der Waals surface area contributed by atoms with Crippen molar-refractivity contribution in [3.8, 4) is 0 Å². The highest BCUT2D eigenvalue weighted by Crippen LogP contribution is 2.38. The highest BCUT2D eigenvalue weighted by Gasteiger charge is 2.37. The Morgan fingerprint density at radius 3 is 2.94 bits per heavy atom. The third-order valence-corrected chi connectivity index (χ3v) is 4.73. The lowest BCUT2D eigenvalue weighted by molar-refractivity contribution is -0.118. The minimum Gasteiger partial charge on any atom is -0.323 e. The standard InChI is InChI=1S/C12H15ClN2OS/c1-8-9(4-5-10(13)14-8)15-11(16)12(2)6-3-7-17-12/h4-5H,3,6-7H2,1-2H3,(H,15,16). The number of nitrogens with zero attached hydrogens (tertiary/aromatic N) is 1. The first-order valence-electron chi connectivity index (χ1n) is 5.60. The van der Waals surface area contributed by atoms with E-state index in [1.807, 2.05) is 13.8 Å². The zero-order chi connectivity index (χ0) is 12.5. The lowest BCUT2D eigenvalue weighted by Crippen LogP contribution is -2.34. The van der Waals surface area contributed by atoms with Crippen LogP contribution in [-0.4, -0.2) is 21.4 Å². The summed E-state index contributed by atoms with van der Waals surface area (Å²) in [5, 5.41) is 3.39. The molecule has 0 aliphatic carbocycles. The zero-order valence-corrected chi connectivity index (χ0v) is 11.5. The number of carbonyl (C=O) groups is 1. The molecule has 1 atom stereocenters. The molecule has 0 saturated carbocycles. The Bertz CT molecular complexity index is 444. The third kappa shape index (κ3) is 2.75. The molecule has 1 amide bonds. The maximum absolute atomic E-state index is 12.2. The number of aromatic nitrogens is 1. The Morgan fingerprint density at radius 1 is 1.59 bits per heavy atom. The molecule has 0 radical (unpaired) electrons. The summed E-state index contributed by atoms with van der Waals surface area (Å²) in [4.78, 5) is 16.3. The van der Waals surface area contributed by atoms with Crippen molar-refractivity contribution in [2.45, 2.75) is 31.4 Å². The van der Waals surface area contributed by atoms with Crippen LogP contribution in [0, 0.1) is 6.92 Å². The second-order valence-corrected chi connectivity index (χ2v) is 6.39. The van der Waals surface area contributed by atoms with Crippen molar-refractivity contribution in [2.75, 3.05) is 11.1 Å². The number of pyridine rings is 1. The molecule has 2 rings (SSSR count). The minimum atomic E-state index is -0.300. The predicted octanol–water partition coefficient (Wildman–Crippen LogP) is 3.27. The lowest BCUT2D eigenvalue weighted by atomic mass is 10.0. The van der Waals surface area contributed by atoms with Gasteiger partial charge in [-0.2, -0.15) is 0 Å². The Labute approximate surface area is 110 Å². The summed E-state index contributed by atoms with van der Waals surface area (Å²) in [7, 11) is 0. The Kier molecular flexibility index (Phi) is 3.64. The van der Waals surface area contributed by atoms with E-state index >= 15 is 0 Å². The largest absolute Gasteiger partial charge is 0.323 e. The molecule has 1 saturated heterocycles. The number of anilines is 1. The summed E-state index contributed by atoms with van der Waals surface area (Å²) in [5.41, 5.74) is 1.49. The summed E-state index contributed by atoms with van der Waals surface area (Å²) < 4.78 is -0.300. The fourth-order valence-corrected chi connectivity index (χ4v) is 3.27. The highest BCUT2D eigenvalue weighted by atomic mass is 35.5. The Morgan fingerprint density at radius 2 is 2.35 bits per heavy atom. The number of carbonyl (C=O) groups excluding carboxylic acids is 1. The van der Waals surface area contributed by atoms with Crippen LogP contribution in [-0.2, 0) is 4.79 Å². The molecule has 1 aromatic heterocycles. The summed E-state index contributed by atoms with van der Waals surface area (Å²) >= 11 is 7.50. The van der Waals surface area contributed by atoms with E-state index in [1.165, 1.54) is 0 Å². The first-order valence-corrected chi connectivity index (χ1v) is 6.96. The average Bonchev–Trinajstić information content (AvgIpc) is 2.71. The van der Waals surface area contributed by atoms with Gasteiger partial charge in [-0.3, -0.25) is 4.79 Å². The van der Waals surface area contributed by atoms with E-state index in [9.17, 15) is 4.79 Å². The highest BCUT2D eigenvalue weighted by molar-refractivity contribution is 8.01. The zero-order valence-electron chi connectivity index (χ0n) is 9.92. The van der Waals surface area contributed by atoms with E-state index in [-0.39, 0.29) is 10.7 Å². The van der Waals surface area contributed by atoms with Crippen molar-refractivity contribution in [1.29, 1.82) is 0 Å². The fourth-order valence-electron chi connectivity index (χ4n) is 1.88. The maximum atomic E-state index is 12.2. The normalized spacial score (nSPS) is 23.7. The Balaban J connectivity index is 2.13. The molecule has 1 aliphatic heterocycles. The van der Waals surface area contributed by atoms with Crippen LogP contribution in [0.2, 0.25) is 5.15 Å². The number of hydrogen-bond donors (Lipinski definition) is 1. The van der Waals surface area contributed by atoms with Crippen molar-refractivity contribution in [2.24, 2.45) is 0 Å². The molecule has 2 heterocycles. The molecule has 1 N–H and O–H groups in total. The number of amides is 1. The first kappa shape index (κ1) is 12.7. The van der Waals surface area contributed by atoms with Gasteiger partial charge >= 0.3 is 0 Å². The second kappa shape index (κ2) is 4.86. The minimum absolute atomic E-state index is 0.0622. The van der Waals surface area contributed by atoms with Crippen molar-refractivity contribution in [3.63, 3.8) is 0 Å². The van der Waals surface area contributed by atoms with E-state index in [2.05, 4.69) is 10.3 Å². The van der Waals surface area contributed by atoms with Gasteiger partial charge in [0, 0.05) is 0 Å². The van der Waals surface area contributed by atoms with Gasteiger partial charge in [-0.15, -0.1) is 11.8 Å². The van der Waals surface area contributed by atoms with Gasteiger partial charge in [-0.05, 0) is 44.6 Å². The van der Waals surface area contributed by atoms with E-state index in [0.717, 1.165) is 30.0 Å². The summed E-state index contributed by atoms with van der Waals surface area (Å²) in [6.45, 7) is 3.84. The van der Waals surface area contributed by atoms with Crippen LogP contribution in [0.4, 0.5) is 5.69 Å². The number of nitrogens with one attached hydrogen (secondary N) is 1. The Hall–Kier alpha value is -0.740. The smallest absolute Gasteiger partial charge is 0.240 e. The SMILES string of the molecule is Cc1nc(Cl)ccc1NC(=O)C1(C)CCCS1. The monoisotopic (exact) mass is 270 g/mol. The predicted molar refractivity (Wildman–Crippen MR) is 72.7 cm³/mol. The average molecular weight is 271 g/mol. The van der Waals surface area contributed by atoms with Gasteiger partial charge in [-0.25, -0.2) is 4.98 Å². The molecule has 0 bridgehead atoms. The van der Waals surface area contributed by atoms with Crippen LogP contribution in [0.1, 0.15) is 25.5 Å². The molecule has 1 unspecified atom stereocenters. The van der Waals surface area contributed by atoms with Crippen molar-refractivity contribution in [1.82, 2.24) is 4.98 Å². The lowest BCUT2D eigenvalue weighted by Gasteiger charge is -2.21. The molecule has 3 nitrogen and oxygen atoms in total. The van der Waals surface area contributed by atoms with E-state index in [1.54, 1.807) is 23.9 Å². The van der Waals surface area contributed by atoms with Crippen LogP contribution in [0.3, 0.4) is 0 Å². The number of hydrogen-bond acceptors (Lipinski definition) is 3. The quantitative estimate of drug-likeness (QED) is 0.839. The molecule has 1 fully saturated rings. The van der Waals surface area contributed by atoms with E-state index in [0.29, 0.717) is 5.15 Å². The number of aryl methyl sites for hydroxylation is 1. The molecule has 17 heavy (non-hydrogen) atoms. The maximum Gasteiger partial charge on any atom is 0.240 e. The fraction of sp³-hybridized carbons (Fsp3) is 0.500. The van der Waals surface area contributed by atoms with Gasteiger partial charge in [0.05, 0.1) is 16.1 Å². The van der Waals surface area contributed by atoms with Gasteiger partial charge < -0.3 is 5.32 Å². The van der Waals surface area contributed by atoms with Crippen LogP contribution in [0.15, 0.2) is 12.1 Å². The number of halogens is 1. The van der Waals surface area contributed by atoms with Gasteiger partial charge in [-0.1, -0.05) is 11.6 Å². The van der Waals surface area contributed by atoms with Crippen molar-refractivity contribution in [3.05, 3.63) is 23.0 Å². The van der Waals surface area contributed by atoms with Crippen LogP contribution >= 0.6 is 23.4 Å². The van der Waals surface area contributed by atoms with Gasteiger partial charge in [0.2, 0.25) is 5.91 Å². The van der Waals surface area contributed by atoms with Crippen molar-refractivity contribution < 1.29 is 4.79 Å². The molecular formula is C12H15ClN2OS. The molecule has 1 aromatic rings. The van der Waals surface area contributed by atoms with Crippen LogP contribution < -0.4 is 5.32 Å². The summed E-state index contributed by atoms with van der Waals surface area (Å²) in [6.07, 6.45) is 2.04. The summed E-state index contributed by atoms with van der Waals surface area (Å²) in [5.74, 6) is 1.12. The molecule has 92 valence electrons. The molecule has 1 aliphatic rings. The topological polar surface area (TPSA) is 42.0 Å². The molecule has 5 heteroatoms. The molecule has 0 aromatic carbocycles. The van der Waals surface area contributed by atoms with E-state index in [4.69, 9.17) is 11.6 Å². The van der Waals surface area contributed by atoms with E-state index < -0.39 is 0 Å². The summed E-state index contributed by atoms with van der Waals surface area (Å²) in [6, 6.07) is 3.49. The molecular weight excluding hydrogens is 256 g/mol. The van der Waals surface area contributed by atoms with Crippen molar-refractivity contribution >= 4 is 35.0 Å². The third-order valence-electron chi connectivity index (χ3n) is 3.00.